The molecule has 0 amide bonds. The quantitative estimate of drug-likeness (QED) is 0.429. The second-order valence-corrected chi connectivity index (χ2v) is 2.58. The molecular formula is C4H7SY-. The first-order valence-corrected chi connectivity index (χ1v) is 2.89. The third-order valence-corrected chi connectivity index (χ3v) is 1.76. The molecule has 0 aliphatic carbocycles. The van der Waals surface area contributed by atoms with Gasteiger partial charge in [0.15, 0.2) is 0 Å². The smallest absolute Gasteiger partial charge is 0.00293 e. The first kappa shape index (κ1) is 7.45. The van der Waals surface area contributed by atoms with E-state index >= 15 is 0 Å². The van der Waals surface area contributed by atoms with E-state index in [2.05, 4.69) is 6.92 Å². The van der Waals surface area contributed by atoms with Gasteiger partial charge >= 0.3 is 0 Å². The summed E-state index contributed by atoms with van der Waals surface area (Å²) < 4.78 is 0. The number of hydrogen-bond donors (Lipinski definition) is 0. The Labute approximate surface area is 68.3 Å². The summed E-state index contributed by atoms with van der Waals surface area (Å²) >= 11 is 2.01. The van der Waals surface area contributed by atoms with Gasteiger partial charge in [-0.05, 0) is 5.25 Å². The topological polar surface area (TPSA) is 0 Å². The summed E-state index contributed by atoms with van der Waals surface area (Å²) in [4.78, 5) is 0. The zero-order chi connectivity index (χ0) is 3.70. The molecule has 1 unspecified atom stereocenters. The van der Waals surface area contributed by atoms with Crippen LogP contribution in [-0.2, 0) is 32.7 Å². The van der Waals surface area contributed by atoms with Gasteiger partial charge in [-0.1, -0.05) is 0 Å². The third-order valence-electron chi connectivity index (χ3n) is 0.724. The second-order valence-electron chi connectivity index (χ2n) is 1.24. The Kier molecular flexibility index (Phi) is 4.29. The molecule has 2 heteroatoms. The minimum absolute atomic E-state index is 0. The van der Waals surface area contributed by atoms with Crippen LogP contribution in [0.5, 0.6) is 0 Å². The molecule has 0 bridgehead atoms. The van der Waals surface area contributed by atoms with Crippen LogP contribution < -0.4 is 0 Å². The summed E-state index contributed by atoms with van der Waals surface area (Å²) in [5, 5.41) is 0.940. The van der Waals surface area contributed by atoms with Gasteiger partial charge in [0.1, 0.15) is 0 Å². The van der Waals surface area contributed by atoms with Crippen LogP contribution >= 0.6 is 11.8 Å². The van der Waals surface area contributed by atoms with E-state index in [9.17, 15) is 0 Å². The first-order chi connectivity index (χ1) is 2.43. The average molecular weight is 176 g/mol. The molecule has 0 saturated carbocycles. The van der Waals surface area contributed by atoms with Crippen molar-refractivity contribution in [2.75, 3.05) is 5.75 Å². The van der Waals surface area contributed by atoms with E-state index < -0.39 is 0 Å². The molecule has 1 saturated heterocycles. The standard InChI is InChI=1S/C4H7S.Y/c1-2-4-3-5-4;/h4H,1-3H2;/q-1;. The molecule has 0 nitrogen and oxygen atoms in total. The molecule has 0 aromatic heterocycles. The molecular weight excluding hydrogens is 169 g/mol. The van der Waals surface area contributed by atoms with Gasteiger partial charge in [0.2, 0.25) is 0 Å². The summed E-state index contributed by atoms with van der Waals surface area (Å²) in [7, 11) is 0. The molecule has 1 aliphatic heterocycles. The Morgan fingerprint density at radius 3 is 2.33 bits per heavy atom. The Hall–Kier alpha value is 1.45. The van der Waals surface area contributed by atoms with Gasteiger partial charge in [0.25, 0.3) is 0 Å². The van der Waals surface area contributed by atoms with E-state index in [1.807, 2.05) is 11.8 Å². The molecule has 1 fully saturated rings. The van der Waals surface area contributed by atoms with Gasteiger partial charge in [-0.25, -0.2) is 0 Å². The summed E-state index contributed by atoms with van der Waals surface area (Å²) in [5.41, 5.74) is 0. The van der Waals surface area contributed by atoms with Crippen molar-refractivity contribution in [1.29, 1.82) is 0 Å². The van der Waals surface area contributed by atoms with Crippen LogP contribution in [0.25, 0.3) is 0 Å². The zero-order valence-electron chi connectivity index (χ0n) is 3.68. The average Bonchev–Trinajstić information content (AvgIpc) is 2.12. The Morgan fingerprint density at radius 2 is 2.33 bits per heavy atom. The van der Waals surface area contributed by atoms with E-state index in [4.69, 9.17) is 0 Å². The maximum absolute atomic E-state index is 3.73. The molecule has 1 heterocycles. The molecule has 33 valence electrons. The number of thioether (sulfide) groups is 1. The van der Waals surface area contributed by atoms with Crippen LogP contribution in [0.4, 0.5) is 0 Å². The molecule has 0 aromatic carbocycles. The molecule has 1 radical (unpaired) electrons. The van der Waals surface area contributed by atoms with Gasteiger partial charge in [0, 0.05) is 38.5 Å². The minimum atomic E-state index is 0. The number of hydrogen-bond acceptors (Lipinski definition) is 1. The fraction of sp³-hybridized carbons (Fsp3) is 0.750. The van der Waals surface area contributed by atoms with E-state index in [1.165, 1.54) is 5.75 Å². The monoisotopic (exact) mass is 176 g/mol. The second kappa shape index (κ2) is 3.46. The fourth-order valence-corrected chi connectivity index (χ4v) is 0.704. The van der Waals surface area contributed by atoms with Crippen LogP contribution in [0.3, 0.4) is 0 Å². The predicted molar refractivity (Wildman–Crippen MR) is 26.2 cm³/mol. The molecule has 0 spiro atoms. The summed E-state index contributed by atoms with van der Waals surface area (Å²) in [6.45, 7) is 3.73. The zero-order valence-corrected chi connectivity index (χ0v) is 7.34. The minimum Gasteiger partial charge on any atom is -0.342 e. The molecule has 0 aromatic rings. The predicted octanol–water partition coefficient (Wildman–Crippen LogP) is 1.32. The van der Waals surface area contributed by atoms with E-state index in [-0.39, 0.29) is 32.7 Å². The van der Waals surface area contributed by atoms with Crippen molar-refractivity contribution in [3.05, 3.63) is 6.92 Å². The van der Waals surface area contributed by atoms with Gasteiger partial charge in [-0.3, -0.25) is 0 Å². The van der Waals surface area contributed by atoms with Crippen molar-refractivity contribution >= 4 is 11.8 Å². The van der Waals surface area contributed by atoms with Crippen LogP contribution in [0.1, 0.15) is 6.42 Å². The SMILES string of the molecule is [CH2-]CC1CS1.[Y]. The van der Waals surface area contributed by atoms with Crippen LogP contribution in [0.2, 0.25) is 0 Å². The van der Waals surface area contributed by atoms with Crippen molar-refractivity contribution in [3.8, 4) is 0 Å². The largest absolute Gasteiger partial charge is 0.342 e. The van der Waals surface area contributed by atoms with Crippen LogP contribution in [-0.4, -0.2) is 11.0 Å². The van der Waals surface area contributed by atoms with Crippen molar-refractivity contribution < 1.29 is 32.7 Å². The van der Waals surface area contributed by atoms with Crippen molar-refractivity contribution in [2.24, 2.45) is 0 Å². The van der Waals surface area contributed by atoms with E-state index in [0.29, 0.717) is 0 Å². The number of rotatable bonds is 1. The summed E-state index contributed by atoms with van der Waals surface area (Å²) in [6, 6.07) is 0. The Balaban J connectivity index is 0.000000250. The maximum atomic E-state index is 3.73. The normalized spacial score (nSPS) is 28.5. The van der Waals surface area contributed by atoms with Gasteiger partial charge < -0.3 is 6.92 Å². The Bertz CT molecular complexity index is 34.5. The van der Waals surface area contributed by atoms with E-state index in [1.54, 1.807) is 0 Å². The van der Waals surface area contributed by atoms with Crippen LogP contribution in [0, 0.1) is 6.92 Å². The van der Waals surface area contributed by atoms with Crippen LogP contribution in [0.15, 0.2) is 0 Å². The third kappa shape index (κ3) is 2.60. The fourth-order valence-electron chi connectivity index (χ4n) is 0.235. The Morgan fingerprint density at radius 1 is 1.83 bits per heavy atom. The van der Waals surface area contributed by atoms with E-state index in [0.717, 1.165) is 11.7 Å². The summed E-state index contributed by atoms with van der Waals surface area (Å²) in [6.07, 6.45) is 1.13. The molecule has 1 aliphatic rings. The van der Waals surface area contributed by atoms with Crippen molar-refractivity contribution in [3.63, 3.8) is 0 Å². The summed E-state index contributed by atoms with van der Waals surface area (Å²) in [5.74, 6) is 1.36. The molecule has 6 heavy (non-hydrogen) atoms. The van der Waals surface area contributed by atoms with Crippen molar-refractivity contribution in [2.45, 2.75) is 11.7 Å². The maximum Gasteiger partial charge on any atom is 0.00293 e. The first-order valence-electron chi connectivity index (χ1n) is 1.84. The molecule has 0 N–H and O–H groups in total. The van der Waals surface area contributed by atoms with Gasteiger partial charge in [0.05, 0.1) is 0 Å². The molecule has 1 rings (SSSR count). The molecule has 1 atom stereocenters. The van der Waals surface area contributed by atoms with Crippen molar-refractivity contribution in [1.82, 2.24) is 0 Å². The van der Waals surface area contributed by atoms with Gasteiger partial charge in [-0.2, -0.15) is 18.2 Å². The van der Waals surface area contributed by atoms with Gasteiger partial charge in [-0.15, -0.1) is 0 Å².